The normalized spacial score (nSPS) is 10.7. The summed E-state index contributed by atoms with van der Waals surface area (Å²) in [6.45, 7) is 1.14. The molecule has 0 fully saturated rings. The first-order chi connectivity index (χ1) is 11.2. The van der Waals surface area contributed by atoms with Crippen LogP contribution < -0.4 is 5.32 Å². The van der Waals surface area contributed by atoms with Gasteiger partial charge in [-0.15, -0.1) is 0 Å². The van der Waals surface area contributed by atoms with Crippen LogP contribution in [0.4, 0.5) is 10.1 Å². The van der Waals surface area contributed by atoms with Crippen molar-refractivity contribution >= 4 is 11.6 Å². The number of aliphatic hydroxyl groups is 1. The Morgan fingerprint density at radius 3 is 2.43 bits per heavy atom. The highest BCUT2D eigenvalue weighted by molar-refractivity contribution is 5.92. The summed E-state index contributed by atoms with van der Waals surface area (Å²) >= 11 is 0. The van der Waals surface area contributed by atoms with Gasteiger partial charge in [0.25, 0.3) is 0 Å². The fraction of sp³-hybridized carbons (Fsp3) is 0.278. The fourth-order valence-electron chi connectivity index (χ4n) is 2.30. The number of anilines is 1. The van der Waals surface area contributed by atoms with Crippen molar-refractivity contribution in [2.24, 2.45) is 0 Å². The molecular weight excluding hydrogens is 295 g/mol. The number of hydrogen-bond donors (Lipinski definition) is 2. The monoisotopic (exact) mass is 316 g/mol. The van der Waals surface area contributed by atoms with Gasteiger partial charge in [-0.25, -0.2) is 4.39 Å². The van der Waals surface area contributed by atoms with Crippen LogP contribution >= 0.6 is 0 Å². The molecule has 4 nitrogen and oxygen atoms in total. The van der Waals surface area contributed by atoms with E-state index in [9.17, 15) is 9.18 Å². The maximum atomic E-state index is 13.5. The highest BCUT2D eigenvalue weighted by atomic mass is 19.1. The van der Waals surface area contributed by atoms with E-state index in [1.165, 1.54) is 17.7 Å². The number of halogens is 1. The molecule has 0 saturated heterocycles. The molecule has 5 heteroatoms. The van der Waals surface area contributed by atoms with Crippen LogP contribution in [0.3, 0.4) is 0 Å². The Bertz CT molecular complexity index is 619. The first kappa shape index (κ1) is 17.1. The molecule has 122 valence electrons. The van der Waals surface area contributed by atoms with Gasteiger partial charge in [-0.2, -0.15) is 0 Å². The van der Waals surface area contributed by atoms with Crippen LogP contribution in [-0.2, 0) is 11.2 Å². The van der Waals surface area contributed by atoms with Crippen LogP contribution in [0.1, 0.15) is 5.56 Å². The third-order valence-electron chi connectivity index (χ3n) is 3.49. The average Bonchev–Trinajstić information content (AvgIpc) is 2.56. The van der Waals surface area contributed by atoms with Crippen molar-refractivity contribution in [2.45, 2.75) is 6.42 Å². The Morgan fingerprint density at radius 2 is 1.74 bits per heavy atom. The van der Waals surface area contributed by atoms with Crippen LogP contribution in [-0.4, -0.2) is 42.2 Å². The summed E-state index contributed by atoms with van der Waals surface area (Å²) in [5.41, 5.74) is 1.34. The topological polar surface area (TPSA) is 52.6 Å². The Labute approximate surface area is 135 Å². The highest BCUT2D eigenvalue weighted by Crippen LogP contribution is 2.12. The number of para-hydroxylation sites is 1. The van der Waals surface area contributed by atoms with Crippen molar-refractivity contribution in [1.82, 2.24) is 4.90 Å². The van der Waals surface area contributed by atoms with Gasteiger partial charge in [0.2, 0.25) is 5.91 Å². The first-order valence-electron chi connectivity index (χ1n) is 7.60. The van der Waals surface area contributed by atoms with Crippen LogP contribution in [0.25, 0.3) is 0 Å². The lowest BCUT2D eigenvalue weighted by Crippen LogP contribution is -2.36. The number of carbonyl (C=O) groups excluding carboxylic acids is 1. The molecule has 2 aromatic carbocycles. The number of aliphatic hydroxyl groups excluding tert-OH is 1. The standard InChI is InChI=1S/C18H21FN2O2/c19-16-8-4-5-9-17(16)20-18(23)14-21(12-13-22)11-10-15-6-2-1-3-7-15/h1-9,22H,10-14H2,(H,20,23). The largest absolute Gasteiger partial charge is 0.395 e. The summed E-state index contributed by atoms with van der Waals surface area (Å²) in [5.74, 6) is -0.754. The van der Waals surface area contributed by atoms with E-state index in [0.717, 1.165) is 6.42 Å². The van der Waals surface area contributed by atoms with Crippen LogP contribution in [0.5, 0.6) is 0 Å². The minimum atomic E-state index is -0.459. The van der Waals surface area contributed by atoms with Crippen molar-refractivity contribution < 1.29 is 14.3 Å². The summed E-state index contributed by atoms with van der Waals surface area (Å²) in [5, 5.41) is 11.7. The maximum Gasteiger partial charge on any atom is 0.238 e. The van der Waals surface area contributed by atoms with Crippen molar-refractivity contribution in [3.63, 3.8) is 0 Å². The first-order valence-corrected chi connectivity index (χ1v) is 7.60. The Balaban J connectivity index is 1.88. The number of amides is 1. The molecular formula is C18H21FN2O2. The molecule has 0 aliphatic carbocycles. The minimum Gasteiger partial charge on any atom is -0.395 e. The summed E-state index contributed by atoms with van der Waals surface area (Å²) in [4.78, 5) is 13.9. The zero-order valence-electron chi connectivity index (χ0n) is 12.9. The zero-order valence-corrected chi connectivity index (χ0v) is 12.9. The SMILES string of the molecule is O=C(CN(CCO)CCc1ccccc1)Nc1ccccc1F. The summed E-state index contributed by atoms with van der Waals surface area (Å²) in [7, 11) is 0. The molecule has 2 N–H and O–H groups in total. The quantitative estimate of drug-likeness (QED) is 0.786. The fourth-order valence-corrected chi connectivity index (χ4v) is 2.30. The molecule has 0 unspecified atom stereocenters. The third kappa shape index (κ3) is 5.81. The van der Waals surface area contributed by atoms with Gasteiger partial charge in [0.15, 0.2) is 0 Å². The molecule has 0 heterocycles. The van der Waals surface area contributed by atoms with E-state index >= 15 is 0 Å². The van der Waals surface area contributed by atoms with Gasteiger partial charge in [0, 0.05) is 13.1 Å². The number of nitrogens with one attached hydrogen (secondary N) is 1. The van der Waals surface area contributed by atoms with Gasteiger partial charge in [0.1, 0.15) is 5.82 Å². The minimum absolute atomic E-state index is 0.0260. The molecule has 0 radical (unpaired) electrons. The Kier molecular flexibility index (Phi) is 6.72. The molecule has 0 saturated carbocycles. The highest BCUT2D eigenvalue weighted by Gasteiger charge is 2.12. The van der Waals surface area contributed by atoms with Crippen molar-refractivity contribution in [2.75, 3.05) is 31.6 Å². The maximum absolute atomic E-state index is 13.5. The molecule has 1 amide bonds. The van der Waals surface area contributed by atoms with Gasteiger partial charge < -0.3 is 10.4 Å². The van der Waals surface area contributed by atoms with Crippen LogP contribution in [0.15, 0.2) is 54.6 Å². The van der Waals surface area contributed by atoms with E-state index in [-0.39, 0.29) is 24.7 Å². The van der Waals surface area contributed by atoms with E-state index in [1.807, 2.05) is 35.2 Å². The summed E-state index contributed by atoms with van der Waals surface area (Å²) in [6, 6.07) is 16.0. The molecule has 2 aromatic rings. The second-order valence-electron chi connectivity index (χ2n) is 5.26. The van der Waals surface area contributed by atoms with E-state index in [0.29, 0.717) is 13.1 Å². The van der Waals surface area contributed by atoms with Crippen molar-refractivity contribution in [3.8, 4) is 0 Å². The molecule has 0 atom stereocenters. The van der Waals surface area contributed by atoms with Crippen molar-refractivity contribution in [3.05, 3.63) is 66.0 Å². The summed E-state index contributed by atoms with van der Waals surface area (Å²) < 4.78 is 13.5. The average molecular weight is 316 g/mol. The number of nitrogens with zero attached hydrogens (tertiary/aromatic N) is 1. The number of carbonyl (C=O) groups is 1. The lowest BCUT2D eigenvalue weighted by molar-refractivity contribution is -0.117. The van der Waals surface area contributed by atoms with Gasteiger partial charge in [-0.05, 0) is 24.1 Å². The second-order valence-corrected chi connectivity index (χ2v) is 5.26. The van der Waals surface area contributed by atoms with Crippen LogP contribution in [0, 0.1) is 5.82 Å². The Morgan fingerprint density at radius 1 is 1.04 bits per heavy atom. The van der Waals surface area contributed by atoms with E-state index < -0.39 is 5.82 Å². The van der Waals surface area contributed by atoms with E-state index in [1.54, 1.807) is 12.1 Å². The molecule has 23 heavy (non-hydrogen) atoms. The number of benzene rings is 2. The van der Waals surface area contributed by atoms with Gasteiger partial charge >= 0.3 is 0 Å². The third-order valence-corrected chi connectivity index (χ3v) is 3.49. The Hall–Kier alpha value is -2.24. The van der Waals surface area contributed by atoms with E-state index in [4.69, 9.17) is 5.11 Å². The van der Waals surface area contributed by atoms with Gasteiger partial charge in [0.05, 0.1) is 18.8 Å². The molecule has 0 aliphatic rings. The predicted octanol–water partition coefficient (Wildman–Crippen LogP) is 2.30. The molecule has 0 spiro atoms. The van der Waals surface area contributed by atoms with Crippen molar-refractivity contribution in [1.29, 1.82) is 0 Å². The van der Waals surface area contributed by atoms with Gasteiger partial charge in [-0.1, -0.05) is 42.5 Å². The lowest BCUT2D eigenvalue weighted by Gasteiger charge is -2.20. The molecule has 0 bridgehead atoms. The molecule has 0 aliphatic heterocycles. The second kappa shape index (κ2) is 9.02. The number of hydrogen-bond acceptors (Lipinski definition) is 3. The molecule has 2 rings (SSSR count). The van der Waals surface area contributed by atoms with E-state index in [2.05, 4.69) is 5.32 Å². The molecule has 0 aromatic heterocycles. The zero-order chi connectivity index (χ0) is 16.5. The number of rotatable bonds is 8. The summed E-state index contributed by atoms with van der Waals surface area (Å²) in [6.07, 6.45) is 0.786. The lowest BCUT2D eigenvalue weighted by atomic mass is 10.1. The van der Waals surface area contributed by atoms with Gasteiger partial charge in [-0.3, -0.25) is 9.69 Å². The van der Waals surface area contributed by atoms with Crippen LogP contribution in [0.2, 0.25) is 0 Å². The predicted molar refractivity (Wildman–Crippen MR) is 88.7 cm³/mol. The smallest absolute Gasteiger partial charge is 0.238 e.